The molecule has 1 aliphatic rings. The molecular weight excluding hydrogens is 528 g/mol. The number of aliphatic imine (C=N–C) groups is 1. The highest BCUT2D eigenvalue weighted by atomic mass is 32.2. The molecule has 6 rings (SSSR count). The average molecular weight is 557 g/mol. The lowest BCUT2D eigenvalue weighted by molar-refractivity contribution is -0.122. The van der Waals surface area contributed by atoms with Crippen molar-refractivity contribution in [2.45, 2.75) is 13.2 Å². The predicted molar refractivity (Wildman–Crippen MR) is 167 cm³/mol. The van der Waals surface area contributed by atoms with Crippen LogP contribution in [0.5, 0.6) is 11.5 Å². The van der Waals surface area contributed by atoms with E-state index in [0.29, 0.717) is 23.2 Å². The summed E-state index contributed by atoms with van der Waals surface area (Å²) in [6.45, 7) is 0.902. The molecule has 1 amide bonds. The second kappa shape index (κ2) is 12.1. The smallest absolute Gasteiger partial charge is 0.267 e. The van der Waals surface area contributed by atoms with Crippen molar-refractivity contribution in [2.24, 2.45) is 4.99 Å². The maximum Gasteiger partial charge on any atom is 0.267 e. The van der Waals surface area contributed by atoms with Gasteiger partial charge in [0, 0.05) is 0 Å². The molecule has 1 saturated heterocycles. The Morgan fingerprint density at radius 1 is 0.756 bits per heavy atom. The number of benzene rings is 5. The summed E-state index contributed by atoms with van der Waals surface area (Å²) in [5.74, 6) is 1.48. The summed E-state index contributed by atoms with van der Waals surface area (Å²) in [5.41, 5.74) is 3.83. The summed E-state index contributed by atoms with van der Waals surface area (Å²) in [7, 11) is 1.64. The lowest BCUT2D eigenvalue weighted by Gasteiger charge is -2.16. The minimum absolute atomic E-state index is 0.0721. The van der Waals surface area contributed by atoms with Crippen LogP contribution in [0.1, 0.15) is 16.7 Å². The molecule has 5 nitrogen and oxygen atoms in total. The number of nitrogens with zero attached hydrogens (tertiary/aromatic N) is 2. The molecular formula is C35H28N2O3S. The summed E-state index contributed by atoms with van der Waals surface area (Å²) in [6, 6.07) is 39.9. The first-order valence-corrected chi connectivity index (χ1v) is 14.1. The molecule has 1 heterocycles. The van der Waals surface area contributed by atoms with Crippen molar-refractivity contribution in [3.63, 3.8) is 0 Å². The van der Waals surface area contributed by atoms with Gasteiger partial charge in [-0.15, -0.1) is 0 Å². The molecule has 1 aliphatic heterocycles. The first kappa shape index (κ1) is 26.4. The van der Waals surface area contributed by atoms with Crippen LogP contribution in [-0.4, -0.2) is 23.1 Å². The summed E-state index contributed by atoms with van der Waals surface area (Å²) in [6.07, 6.45) is 1.91. The predicted octanol–water partition coefficient (Wildman–Crippen LogP) is 8.23. The number of amidine groups is 1. The third kappa shape index (κ3) is 6.34. The third-order valence-electron chi connectivity index (χ3n) is 6.77. The molecule has 0 N–H and O–H groups in total. The zero-order chi connectivity index (χ0) is 28.0. The van der Waals surface area contributed by atoms with Gasteiger partial charge in [-0.25, -0.2) is 4.99 Å². The highest BCUT2D eigenvalue weighted by Gasteiger charge is 2.33. The van der Waals surface area contributed by atoms with Crippen LogP contribution < -0.4 is 9.47 Å². The van der Waals surface area contributed by atoms with Gasteiger partial charge in [0.2, 0.25) is 0 Å². The van der Waals surface area contributed by atoms with Gasteiger partial charge in [0.15, 0.2) is 5.17 Å². The monoisotopic (exact) mass is 556 g/mol. The van der Waals surface area contributed by atoms with Crippen LogP contribution in [-0.2, 0) is 17.9 Å². The van der Waals surface area contributed by atoms with E-state index in [1.54, 1.807) is 12.0 Å². The van der Waals surface area contributed by atoms with E-state index in [1.807, 2.05) is 97.1 Å². The fourth-order valence-electron chi connectivity index (χ4n) is 4.56. The highest BCUT2D eigenvalue weighted by Crippen LogP contribution is 2.35. The van der Waals surface area contributed by atoms with Crippen molar-refractivity contribution in [3.05, 3.63) is 143 Å². The molecule has 6 heteroatoms. The molecule has 0 radical (unpaired) electrons. The molecule has 41 heavy (non-hydrogen) atoms. The minimum Gasteiger partial charge on any atom is -0.497 e. The summed E-state index contributed by atoms with van der Waals surface area (Å²) in [4.78, 5) is 20.7. The van der Waals surface area contributed by atoms with E-state index in [0.717, 1.165) is 33.9 Å². The molecule has 0 saturated carbocycles. The van der Waals surface area contributed by atoms with E-state index < -0.39 is 0 Å². The molecule has 0 atom stereocenters. The van der Waals surface area contributed by atoms with Gasteiger partial charge in [-0.1, -0.05) is 78.9 Å². The number of thioether (sulfide) groups is 1. The highest BCUT2D eigenvalue weighted by molar-refractivity contribution is 8.18. The Morgan fingerprint density at radius 2 is 1.44 bits per heavy atom. The number of rotatable bonds is 8. The SMILES string of the molecule is COc1ccc(CN2C(=O)/C(=C/c3ccc(OCc4ccc5ccccc5c4)cc3)SC2=Nc2ccccc2)cc1. The molecule has 0 bridgehead atoms. The average Bonchev–Trinajstić information content (AvgIpc) is 3.30. The number of carbonyl (C=O) groups is 1. The number of fused-ring (bicyclic) bond motifs is 1. The lowest BCUT2D eigenvalue weighted by Crippen LogP contribution is -2.28. The van der Waals surface area contributed by atoms with Gasteiger partial charge in [0.05, 0.1) is 24.2 Å². The van der Waals surface area contributed by atoms with Gasteiger partial charge >= 0.3 is 0 Å². The Morgan fingerprint density at radius 3 is 2.20 bits per heavy atom. The summed E-state index contributed by atoms with van der Waals surface area (Å²) in [5, 5.41) is 3.07. The molecule has 0 aromatic heterocycles. The number of amides is 1. The van der Waals surface area contributed by atoms with Crippen LogP contribution in [0.4, 0.5) is 5.69 Å². The molecule has 0 unspecified atom stereocenters. The van der Waals surface area contributed by atoms with Crippen LogP contribution in [0.3, 0.4) is 0 Å². The van der Waals surface area contributed by atoms with Gasteiger partial charge in [0.25, 0.3) is 5.91 Å². The van der Waals surface area contributed by atoms with Gasteiger partial charge in [-0.05, 0) is 87.8 Å². The molecule has 0 spiro atoms. The summed E-state index contributed by atoms with van der Waals surface area (Å²) >= 11 is 1.39. The number of hydrogen-bond donors (Lipinski definition) is 0. The fraction of sp³-hybridized carbons (Fsp3) is 0.0857. The first-order valence-electron chi connectivity index (χ1n) is 13.3. The second-order valence-corrected chi connectivity index (χ2v) is 10.6. The van der Waals surface area contributed by atoms with E-state index in [9.17, 15) is 4.79 Å². The number of methoxy groups -OCH3 is 1. The van der Waals surface area contributed by atoms with Crippen LogP contribution >= 0.6 is 11.8 Å². The van der Waals surface area contributed by atoms with Crippen LogP contribution in [0, 0.1) is 0 Å². The Balaban J connectivity index is 1.18. The van der Waals surface area contributed by atoms with Gasteiger partial charge in [-0.2, -0.15) is 0 Å². The van der Waals surface area contributed by atoms with E-state index >= 15 is 0 Å². The molecule has 1 fully saturated rings. The van der Waals surface area contributed by atoms with Crippen molar-refractivity contribution in [1.82, 2.24) is 4.90 Å². The number of para-hydroxylation sites is 1. The van der Waals surface area contributed by atoms with Gasteiger partial charge in [-0.3, -0.25) is 9.69 Å². The van der Waals surface area contributed by atoms with E-state index in [1.165, 1.54) is 22.5 Å². The standard InChI is InChI=1S/C35H28N2O3S/c1-39-31-17-14-26(15-18-31)23-37-34(38)33(41-35(37)36-30-9-3-2-4-10-30)22-25-12-19-32(20-13-25)40-24-27-11-16-28-7-5-6-8-29(28)21-27/h2-22H,23-24H2,1H3/b33-22-,36-35?. The molecule has 0 aliphatic carbocycles. The normalized spacial score (nSPS) is 15.1. The Hall–Kier alpha value is -4.81. The zero-order valence-corrected chi connectivity index (χ0v) is 23.4. The Bertz CT molecular complexity index is 1730. The zero-order valence-electron chi connectivity index (χ0n) is 22.6. The maximum absolute atomic E-state index is 13.6. The van der Waals surface area contributed by atoms with Gasteiger partial charge < -0.3 is 9.47 Å². The number of hydrogen-bond acceptors (Lipinski definition) is 5. The van der Waals surface area contributed by atoms with Crippen molar-refractivity contribution in [1.29, 1.82) is 0 Å². The number of ether oxygens (including phenoxy) is 2. The van der Waals surface area contributed by atoms with Crippen molar-refractivity contribution in [2.75, 3.05) is 7.11 Å². The summed E-state index contributed by atoms with van der Waals surface area (Å²) < 4.78 is 11.3. The lowest BCUT2D eigenvalue weighted by atomic mass is 10.1. The van der Waals surface area contributed by atoms with E-state index in [2.05, 4.69) is 30.3 Å². The number of carbonyl (C=O) groups excluding carboxylic acids is 1. The fourth-order valence-corrected chi connectivity index (χ4v) is 5.56. The third-order valence-corrected chi connectivity index (χ3v) is 7.77. The minimum atomic E-state index is -0.0721. The van der Waals surface area contributed by atoms with Crippen molar-refractivity contribution >= 4 is 45.4 Å². The van der Waals surface area contributed by atoms with Crippen LogP contribution in [0.15, 0.2) is 131 Å². The van der Waals surface area contributed by atoms with Crippen molar-refractivity contribution < 1.29 is 14.3 Å². The van der Waals surface area contributed by atoms with E-state index in [-0.39, 0.29) is 5.91 Å². The molecule has 202 valence electrons. The van der Waals surface area contributed by atoms with Crippen molar-refractivity contribution in [3.8, 4) is 11.5 Å². The first-order chi connectivity index (χ1) is 20.1. The topological polar surface area (TPSA) is 51.1 Å². The largest absolute Gasteiger partial charge is 0.497 e. The van der Waals surface area contributed by atoms with Gasteiger partial charge in [0.1, 0.15) is 18.1 Å². The second-order valence-electron chi connectivity index (χ2n) is 9.62. The Kier molecular flexibility index (Phi) is 7.83. The quantitative estimate of drug-likeness (QED) is 0.181. The molecule has 5 aromatic rings. The van der Waals surface area contributed by atoms with E-state index in [4.69, 9.17) is 14.5 Å². The van der Waals surface area contributed by atoms with Crippen LogP contribution in [0.25, 0.3) is 16.8 Å². The van der Waals surface area contributed by atoms with Crippen LogP contribution in [0.2, 0.25) is 0 Å². The maximum atomic E-state index is 13.6. The Labute approximate surface area is 243 Å². The molecule has 5 aromatic carbocycles.